The van der Waals surface area contributed by atoms with Gasteiger partial charge in [-0.3, -0.25) is 9.59 Å². The summed E-state index contributed by atoms with van der Waals surface area (Å²) < 4.78 is 1.01. The zero-order valence-electron chi connectivity index (χ0n) is 10.8. The number of nitrogens with zero attached hydrogens (tertiary/aromatic N) is 1. The molecule has 0 aromatic heterocycles. The number of rotatable bonds is 3. The molecule has 5 heteroatoms. The topological polar surface area (TPSA) is 63.4 Å². The van der Waals surface area contributed by atoms with E-state index in [0.717, 1.165) is 3.57 Å². The van der Waals surface area contributed by atoms with Crippen molar-refractivity contribution in [2.24, 2.45) is 5.73 Å². The second-order valence-electron chi connectivity index (χ2n) is 4.29. The summed E-state index contributed by atoms with van der Waals surface area (Å²) in [6, 6.07) is 14.0. The third-order valence-electron chi connectivity index (χ3n) is 2.92. The van der Waals surface area contributed by atoms with Crippen LogP contribution in [0, 0.1) is 3.57 Å². The molecule has 0 atom stereocenters. The van der Waals surface area contributed by atoms with Crippen LogP contribution in [0.1, 0.15) is 20.7 Å². The largest absolute Gasteiger partial charge is 0.366 e. The minimum absolute atomic E-state index is 0.102. The van der Waals surface area contributed by atoms with E-state index in [1.807, 2.05) is 18.2 Å². The summed E-state index contributed by atoms with van der Waals surface area (Å²) in [5.74, 6) is -0.585. The maximum Gasteiger partial charge on any atom is 0.258 e. The van der Waals surface area contributed by atoms with Crippen molar-refractivity contribution in [1.82, 2.24) is 0 Å². The monoisotopic (exact) mass is 380 g/mol. The molecule has 0 saturated carbocycles. The minimum Gasteiger partial charge on any atom is -0.366 e. The van der Waals surface area contributed by atoms with Gasteiger partial charge < -0.3 is 10.6 Å². The number of hydrogen-bond acceptors (Lipinski definition) is 2. The van der Waals surface area contributed by atoms with Crippen molar-refractivity contribution in [1.29, 1.82) is 0 Å². The first-order chi connectivity index (χ1) is 9.49. The minimum atomic E-state index is -0.483. The summed E-state index contributed by atoms with van der Waals surface area (Å²) in [5.41, 5.74) is 6.94. The predicted molar refractivity (Wildman–Crippen MR) is 86.9 cm³/mol. The number of halogens is 1. The Kier molecular flexibility index (Phi) is 4.39. The molecule has 2 N–H and O–H groups in total. The molecule has 0 unspecified atom stereocenters. The van der Waals surface area contributed by atoms with Crippen LogP contribution in [0.3, 0.4) is 0 Å². The molecule has 0 heterocycles. The highest BCUT2D eigenvalue weighted by Crippen LogP contribution is 2.17. The summed E-state index contributed by atoms with van der Waals surface area (Å²) in [7, 11) is 1.70. The molecule has 0 radical (unpaired) electrons. The van der Waals surface area contributed by atoms with E-state index in [1.54, 1.807) is 37.4 Å². The zero-order chi connectivity index (χ0) is 14.7. The van der Waals surface area contributed by atoms with Crippen LogP contribution >= 0.6 is 22.6 Å². The quantitative estimate of drug-likeness (QED) is 0.833. The second-order valence-corrected chi connectivity index (χ2v) is 5.53. The lowest BCUT2D eigenvalue weighted by molar-refractivity contribution is 0.0989. The van der Waals surface area contributed by atoms with Crippen molar-refractivity contribution in [2.45, 2.75) is 0 Å². The molecular formula is C15H13IN2O2. The van der Waals surface area contributed by atoms with Crippen molar-refractivity contribution in [3.63, 3.8) is 0 Å². The number of carbonyl (C=O) groups is 2. The first-order valence-corrected chi connectivity index (χ1v) is 7.00. The van der Waals surface area contributed by atoms with Gasteiger partial charge in [0.25, 0.3) is 5.91 Å². The van der Waals surface area contributed by atoms with E-state index in [2.05, 4.69) is 22.6 Å². The molecule has 0 bridgehead atoms. The Bertz CT molecular complexity index is 653. The molecule has 0 fully saturated rings. The summed E-state index contributed by atoms with van der Waals surface area (Å²) >= 11 is 2.17. The Balaban J connectivity index is 2.24. The second kappa shape index (κ2) is 6.04. The molecule has 0 aliphatic carbocycles. The summed E-state index contributed by atoms with van der Waals surface area (Å²) in [6.45, 7) is 0. The first-order valence-electron chi connectivity index (χ1n) is 5.92. The van der Waals surface area contributed by atoms with Gasteiger partial charge in [-0.15, -0.1) is 0 Å². The van der Waals surface area contributed by atoms with E-state index in [-0.39, 0.29) is 5.91 Å². The van der Waals surface area contributed by atoms with Crippen LogP contribution in [0.4, 0.5) is 5.69 Å². The van der Waals surface area contributed by atoms with Gasteiger partial charge in [0.2, 0.25) is 5.91 Å². The smallest absolute Gasteiger partial charge is 0.258 e. The lowest BCUT2D eigenvalue weighted by Gasteiger charge is -2.17. The number of nitrogens with two attached hydrogens (primary N) is 1. The average Bonchev–Trinajstić information content (AvgIpc) is 2.46. The summed E-state index contributed by atoms with van der Waals surface area (Å²) in [6.07, 6.45) is 0. The Morgan fingerprint density at radius 3 is 2.25 bits per heavy atom. The number of primary amides is 1. The molecule has 2 aromatic carbocycles. The van der Waals surface area contributed by atoms with Gasteiger partial charge in [0.15, 0.2) is 0 Å². The lowest BCUT2D eigenvalue weighted by Crippen LogP contribution is -2.26. The number of amides is 2. The van der Waals surface area contributed by atoms with Gasteiger partial charge in [0.05, 0.1) is 0 Å². The molecule has 2 aromatic rings. The molecule has 4 nitrogen and oxygen atoms in total. The van der Waals surface area contributed by atoms with E-state index < -0.39 is 5.91 Å². The fourth-order valence-corrected chi connectivity index (χ4v) is 2.32. The van der Waals surface area contributed by atoms with Crippen molar-refractivity contribution in [3.8, 4) is 0 Å². The van der Waals surface area contributed by atoms with Crippen LogP contribution < -0.4 is 10.6 Å². The number of carbonyl (C=O) groups excluding carboxylic acids is 2. The lowest BCUT2D eigenvalue weighted by atomic mass is 10.1. The van der Waals surface area contributed by atoms with Gasteiger partial charge in [-0.1, -0.05) is 6.07 Å². The SMILES string of the molecule is CN(C(=O)c1cccc(I)c1)c1ccc(C(N)=O)cc1. The van der Waals surface area contributed by atoms with Crippen LogP contribution in [-0.4, -0.2) is 18.9 Å². The van der Waals surface area contributed by atoms with Crippen LogP contribution in [0.25, 0.3) is 0 Å². The van der Waals surface area contributed by atoms with Gasteiger partial charge >= 0.3 is 0 Å². The van der Waals surface area contributed by atoms with Crippen molar-refractivity contribution < 1.29 is 9.59 Å². The Morgan fingerprint density at radius 1 is 1.05 bits per heavy atom. The molecule has 0 aliphatic heterocycles. The highest BCUT2D eigenvalue weighted by atomic mass is 127. The maximum absolute atomic E-state index is 12.3. The van der Waals surface area contributed by atoms with Crippen molar-refractivity contribution in [3.05, 3.63) is 63.2 Å². The van der Waals surface area contributed by atoms with Gasteiger partial charge in [-0.2, -0.15) is 0 Å². The van der Waals surface area contributed by atoms with Gasteiger partial charge in [0.1, 0.15) is 0 Å². The molecule has 0 saturated heterocycles. The number of anilines is 1. The van der Waals surface area contributed by atoms with E-state index in [0.29, 0.717) is 16.8 Å². The van der Waals surface area contributed by atoms with Crippen LogP contribution in [0.15, 0.2) is 48.5 Å². The van der Waals surface area contributed by atoms with E-state index >= 15 is 0 Å². The Labute approximate surface area is 130 Å². The zero-order valence-corrected chi connectivity index (χ0v) is 13.0. The van der Waals surface area contributed by atoms with Crippen LogP contribution in [0.2, 0.25) is 0 Å². The standard InChI is InChI=1S/C15H13IN2O2/c1-18(13-7-5-10(6-8-13)14(17)19)15(20)11-3-2-4-12(16)9-11/h2-9H,1H3,(H2,17,19). The summed E-state index contributed by atoms with van der Waals surface area (Å²) in [4.78, 5) is 24.9. The first kappa shape index (κ1) is 14.5. The van der Waals surface area contributed by atoms with Gasteiger partial charge in [0, 0.05) is 27.4 Å². The molecule has 0 spiro atoms. The fraction of sp³-hybridized carbons (Fsp3) is 0.0667. The average molecular weight is 380 g/mol. The third kappa shape index (κ3) is 3.16. The highest BCUT2D eigenvalue weighted by molar-refractivity contribution is 14.1. The molecule has 2 amide bonds. The van der Waals surface area contributed by atoms with Crippen molar-refractivity contribution in [2.75, 3.05) is 11.9 Å². The van der Waals surface area contributed by atoms with E-state index in [4.69, 9.17) is 5.73 Å². The summed E-state index contributed by atoms with van der Waals surface area (Å²) in [5, 5.41) is 0. The molecule has 102 valence electrons. The van der Waals surface area contributed by atoms with E-state index in [1.165, 1.54) is 4.90 Å². The Morgan fingerprint density at radius 2 is 1.70 bits per heavy atom. The maximum atomic E-state index is 12.3. The van der Waals surface area contributed by atoms with E-state index in [9.17, 15) is 9.59 Å². The molecule has 0 aliphatic rings. The Hall–Kier alpha value is -1.89. The molecular weight excluding hydrogens is 367 g/mol. The molecule has 20 heavy (non-hydrogen) atoms. The fourth-order valence-electron chi connectivity index (χ4n) is 1.78. The van der Waals surface area contributed by atoms with Crippen molar-refractivity contribution >= 4 is 40.1 Å². The van der Waals surface area contributed by atoms with Gasteiger partial charge in [-0.25, -0.2) is 0 Å². The normalized spacial score (nSPS) is 10.1. The number of hydrogen-bond donors (Lipinski definition) is 1. The molecule has 2 rings (SSSR count). The third-order valence-corrected chi connectivity index (χ3v) is 3.59. The number of benzene rings is 2. The highest BCUT2D eigenvalue weighted by Gasteiger charge is 2.13. The van der Waals surface area contributed by atoms with Crippen LogP contribution in [-0.2, 0) is 0 Å². The van der Waals surface area contributed by atoms with Crippen LogP contribution in [0.5, 0.6) is 0 Å². The van der Waals surface area contributed by atoms with Gasteiger partial charge in [-0.05, 0) is 65.1 Å². The predicted octanol–water partition coefficient (Wildman–Crippen LogP) is 2.67.